The van der Waals surface area contributed by atoms with Gasteiger partial charge in [0, 0.05) is 0 Å². The third kappa shape index (κ3) is 4.48. The molecule has 130 valence electrons. The van der Waals surface area contributed by atoms with Gasteiger partial charge in [-0.15, -0.1) is 0 Å². The number of nitrogens with one attached hydrogen (secondary N) is 1. The van der Waals surface area contributed by atoms with E-state index in [0.717, 1.165) is 15.7 Å². The molecule has 0 unspecified atom stereocenters. The second-order valence-corrected chi connectivity index (χ2v) is 7.08. The van der Waals surface area contributed by atoms with Crippen molar-refractivity contribution < 1.29 is 9.53 Å². The standard InChI is InChI=1S/C19H14BrN3O2S/c1-12-18(20)19(26-23-12)22-17(24)10-13-2-6-15(7-3-13)25-16-8-4-14(11-21)5-9-16/h2-9H,10H2,1H3,(H,22,24). The maximum absolute atomic E-state index is 12.2. The van der Waals surface area contributed by atoms with Crippen LogP contribution in [0, 0.1) is 18.3 Å². The first-order valence-electron chi connectivity index (χ1n) is 7.74. The summed E-state index contributed by atoms with van der Waals surface area (Å²) in [7, 11) is 0. The number of carbonyl (C=O) groups excluding carboxylic acids is 1. The molecule has 0 atom stereocenters. The Morgan fingerprint density at radius 3 is 2.35 bits per heavy atom. The lowest BCUT2D eigenvalue weighted by Crippen LogP contribution is -2.13. The van der Waals surface area contributed by atoms with E-state index in [0.29, 0.717) is 22.1 Å². The number of amides is 1. The van der Waals surface area contributed by atoms with Gasteiger partial charge in [-0.1, -0.05) is 12.1 Å². The number of carbonyl (C=O) groups is 1. The fourth-order valence-corrected chi connectivity index (χ4v) is 3.43. The SMILES string of the molecule is Cc1nsc(NC(=O)Cc2ccc(Oc3ccc(C#N)cc3)cc2)c1Br. The lowest BCUT2D eigenvalue weighted by atomic mass is 10.1. The summed E-state index contributed by atoms with van der Waals surface area (Å²) in [6, 6.07) is 16.3. The second kappa shape index (κ2) is 8.13. The molecule has 0 radical (unpaired) electrons. The van der Waals surface area contributed by atoms with E-state index in [9.17, 15) is 4.79 Å². The second-order valence-electron chi connectivity index (χ2n) is 5.52. The zero-order valence-electron chi connectivity index (χ0n) is 13.8. The molecule has 26 heavy (non-hydrogen) atoms. The first kappa shape index (κ1) is 18.1. The molecular weight excluding hydrogens is 414 g/mol. The van der Waals surface area contributed by atoms with Crippen molar-refractivity contribution in [3.63, 3.8) is 0 Å². The highest BCUT2D eigenvalue weighted by atomic mass is 79.9. The Morgan fingerprint density at radius 2 is 1.81 bits per heavy atom. The molecule has 5 nitrogen and oxygen atoms in total. The normalized spacial score (nSPS) is 10.2. The summed E-state index contributed by atoms with van der Waals surface area (Å²) in [5.41, 5.74) is 2.32. The van der Waals surface area contributed by atoms with Gasteiger partial charge in [0.25, 0.3) is 0 Å². The molecule has 1 amide bonds. The summed E-state index contributed by atoms with van der Waals surface area (Å²) in [5.74, 6) is 1.22. The highest BCUT2D eigenvalue weighted by molar-refractivity contribution is 9.10. The van der Waals surface area contributed by atoms with Crippen molar-refractivity contribution in [2.75, 3.05) is 5.32 Å². The van der Waals surface area contributed by atoms with Crippen LogP contribution in [0.3, 0.4) is 0 Å². The fourth-order valence-electron chi connectivity index (χ4n) is 2.20. The van der Waals surface area contributed by atoms with Gasteiger partial charge in [-0.3, -0.25) is 4.79 Å². The molecule has 0 aliphatic rings. The average Bonchev–Trinajstić information content (AvgIpc) is 2.96. The number of halogens is 1. The summed E-state index contributed by atoms with van der Waals surface area (Å²) in [5, 5.41) is 12.4. The van der Waals surface area contributed by atoms with E-state index < -0.39 is 0 Å². The molecule has 3 rings (SSSR count). The number of aromatic nitrogens is 1. The summed E-state index contributed by atoms with van der Waals surface area (Å²) in [4.78, 5) is 12.2. The van der Waals surface area contributed by atoms with Crippen molar-refractivity contribution in [3.8, 4) is 17.6 Å². The van der Waals surface area contributed by atoms with E-state index in [2.05, 4.69) is 31.7 Å². The van der Waals surface area contributed by atoms with Crippen LogP contribution in [-0.4, -0.2) is 10.3 Å². The van der Waals surface area contributed by atoms with Crippen molar-refractivity contribution in [1.29, 1.82) is 5.26 Å². The molecule has 0 fully saturated rings. The van der Waals surface area contributed by atoms with Crippen LogP contribution in [0.5, 0.6) is 11.5 Å². The number of ether oxygens (including phenoxy) is 1. The highest BCUT2D eigenvalue weighted by Crippen LogP contribution is 2.30. The predicted molar refractivity (Wildman–Crippen MR) is 105 cm³/mol. The van der Waals surface area contributed by atoms with E-state index >= 15 is 0 Å². The Hall–Kier alpha value is -2.69. The van der Waals surface area contributed by atoms with Crippen LogP contribution in [0.4, 0.5) is 5.00 Å². The third-order valence-corrected chi connectivity index (χ3v) is 5.64. The number of nitriles is 1. The molecule has 1 N–H and O–H groups in total. The number of benzene rings is 2. The Kier molecular flexibility index (Phi) is 5.66. The Morgan fingerprint density at radius 1 is 1.19 bits per heavy atom. The number of anilines is 1. The average molecular weight is 428 g/mol. The van der Waals surface area contributed by atoms with Crippen molar-refractivity contribution in [3.05, 3.63) is 69.8 Å². The van der Waals surface area contributed by atoms with E-state index in [1.54, 1.807) is 24.3 Å². The molecule has 3 aromatic rings. The lowest BCUT2D eigenvalue weighted by molar-refractivity contribution is -0.115. The zero-order valence-corrected chi connectivity index (χ0v) is 16.2. The molecule has 0 aliphatic carbocycles. The van der Waals surface area contributed by atoms with Gasteiger partial charge in [-0.2, -0.15) is 9.64 Å². The van der Waals surface area contributed by atoms with Crippen LogP contribution >= 0.6 is 27.5 Å². The third-order valence-electron chi connectivity index (χ3n) is 3.55. The van der Waals surface area contributed by atoms with E-state index in [-0.39, 0.29) is 12.3 Å². The van der Waals surface area contributed by atoms with Crippen molar-refractivity contribution in [1.82, 2.24) is 4.37 Å². The predicted octanol–water partition coefficient (Wildman–Crippen LogP) is 5.06. The van der Waals surface area contributed by atoms with Crippen LogP contribution in [0.1, 0.15) is 16.8 Å². The maximum Gasteiger partial charge on any atom is 0.229 e. The maximum atomic E-state index is 12.2. The molecule has 7 heteroatoms. The van der Waals surface area contributed by atoms with Crippen molar-refractivity contribution >= 4 is 38.4 Å². The quantitative estimate of drug-likeness (QED) is 0.617. The van der Waals surface area contributed by atoms with Crippen LogP contribution in [0.2, 0.25) is 0 Å². The van der Waals surface area contributed by atoms with Gasteiger partial charge < -0.3 is 10.1 Å². The lowest BCUT2D eigenvalue weighted by Gasteiger charge is -2.07. The highest BCUT2D eigenvalue weighted by Gasteiger charge is 2.11. The number of hydrogen-bond acceptors (Lipinski definition) is 5. The smallest absolute Gasteiger partial charge is 0.229 e. The van der Waals surface area contributed by atoms with Gasteiger partial charge in [0.2, 0.25) is 5.91 Å². The Balaban J connectivity index is 1.59. The zero-order chi connectivity index (χ0) is 18.5. The number of aryl methyl sites for hydroxylation is 1. The molecule has 0 aliphatic heterocycles. The van der Waals surface area contributed by atoms with Crippen LogP contribution in [0.15, 0.2) is 53.0 Å². The first-order chi connectivity index (χ1) is 12.5. The fraction of sp³-hybridized carbons (Fsp3) is 0.105. The monoisotopic (exact) mass is 427 g/mol. The van der Waals surface area contributed by atoms with Gasteiger partial charge >= 0.3 is 0 Å². The molecule has 0 saturated carbocycles. The van der Waals surface area contributed by atoms with Gasteiger partial charge in [-0.05, 0) is 76.3 Å². The van der Waals surface area contributed by atoms with Crippen LogP contribution in [-0.2, 0) is 11.2 Å². The van der Waals surface area contributed by atoms with Crippen molar-refractivity contribution in [2.45, 2.75) is 13.3 Å². The van der Waals surface area contributed by atoms with Gasteiger partial charge in [-0.25, -0.2) is 0 Å². The van der Waals surface area contributed by atoms with E-state index in [4.69, 9.17) is 10.00 Å². The topological polar surface area (TPSA) is 75.0 Å². The molecule has 1 aromatic heterocycles. The number of hydrogen-bond donors (Lipinski definition) is 1. The summed E-state index contributed by atoms with van der Waals surface area (Å²) >= 11 is 4.67. The molecule has 0 saturated heterocycles. The molecular formula is C19H14BrN3O2S. The van der Waals surface area contributed by atoms with E-state index in [1.165, 1.54) is 11.5 Å². The largest absolute Gasteiger partial charge is 0.457 e. The molecule has 1 heterocycles. The molecule has 0 bridgehead atoms. The van der Waals surface area contributed by atoms with Gasteiger partial charge in [0.15, 0.2) is 0 Å². The Labute approximate surface area is 163 Å². The summed E-state index contributed by atoms with van der Waals surface area (Å²) in [6.07, 6.45) is 0.264. The first-order valence-corrected chi connectivity index (χ1v) is 9.30. The van der Waals surface area contributed by atoms with Gasteiger partial charge in [0.05, 0.1) is 28.2 Å². The van der Waals surface area contributed by atoms with Crippen LogP contribution in [0.25, 0.3) is 0 Å². The van der Waals surface area contributed by atoms with Crippen LogP contribution < -0.4 is 10.1 Å². The van der Waals surface area contributed by atoms with Crippen molar-refractivity contribution in [2.24, 2.45) is 0 Å². The Bertz CT molecular complexity index is 960. The summed E-state index contributed by atoms with van der Waals surface area (Å²) < 4.78 is 10.7. The minimum Gasteiger partial charge on any atom is -0.457 e. The minimum absolute atomic E-state index is 0.102. The summed E-state index contributed by atoms with van der Waals surface area (Å²) in [6.45, 7) is 1.88. The van der Waals surface area contributed by atoms with Gasteiger partial charge in [0.1, 0.15) is 16.5 Å². The van der Waals surface area contributed by atoms with E-state index in [1.807, 2.05) is 31.2 Å². The minimum atomic E-state index is -0.102. The number of nitrogens with zero attached hydrogens (tertiary/aromatic N) is 2. The molecule has 2 aromatic carbocycles. The number of rotatable bonds is 5. The molecule has 0 spiro atoms.